The SMILES string of the molecule is COc1cccc(C(=O)c2ccc(C(=O)c3ccc(N(CC4CC4)c4ccc(Cl)cc4)cn3)cc2C(=O)O)c1. The van der Waals surface area contributed by atoms with Gasteiger partial charge >= 0.3 is 5.97 Å². The predicted octanol–water partition coefficient (Wildman–Crippen LogP) is 6.45. The van der Waals surface area contributed by atoms with Crippen LogP contribution in [0, 0.1) is 5.92 Å². The molecule has 0 radical (unpaired) electrons. The van der Waals surface area contributed by atoms with E-state index in [1.807, 2.05) is 30.3 Å². The van der Waals surface area contributed by atoms with E-state index < -0.39 is 17.5 Å². The lowest BCUT2D eigenvalue weighted by atomic mass is 9.94. The molecule has 196 valence electrons. The largest absolute Gasteiger partial charge is 0.497 e. The fourth-order valence-electron chi connectivity index (χ4n) is 4.35. The second-order valence-electron chi connectivity index (χ2n) is 9.39. The normalized spacial score (nSPS) is 12.6. The van der Waals surface area contributed by atoms with Crippen molar-refractivity contribution in [2.45, 2.75) is 12.8 Å². The number of anilines is 2. The van der Waals surface area contributed by atoms with Crippen LogP contribution in [0.25, 0.3) is 0 Å². The zero-order valence-electron chi connectivity index (χ0n) is 21.1. The van der Waals surface area contributed by atoms with E-state index >= 15 is 0 Å². The topological polar surface area (TPSA) is 96.8 Å². The number of methoxy groups -OCH3 is 1. The van der Waals surface area contributed by atoms with Crippen molar-refractivity contribution in [3.63, 3.8) is 0 Å². The summed E-state index contributed by atoms with van der Waals surface area (Å²) >= 11 is 6.07. The molecule has 1 saturated carbocycles. The van der Waals surface area contributed by atoms with Gasteiger partial charge in [-0.25, -0.2) is 4.79 Å². The summed E-state index contributed by atoms with van der Waals surface area (Å²) in [4.78, 5) is 44.9. The summed E-state index contributed by atoms with van der Waals surface area (Å²) < 4.78 is 5.16. The molecule has 1 heterocycles. The van der Waals surface area contributed by atoms with Gasteiger partial charge < -0.3 is 14.7 Å². The molecule has 8 heteroatoms. The summed E-state index contributed by atoms with van der Waals surface area (Å²) in [6.07, 6.45) is 4.00. The maximum absolute atomic E-state index is 13.2. The molecule has 0 spiro atoms. The molecular weight excluding hydrogens is 516 g/mol. The first-order chi connectivity index (χ1) is 18.8. The molecule has 1 N–H and O–H groups in total. The van der Waals surface area contributed by atoms with E-state index in [1.165, 1.54) is 44.2 Å². The lowest BCUT2D eigenvalue weighted by Gasteiger charge is -2.25. The molecule has 0 unspecified atom stereocenters. The first-order valence-electron chi connectivity index (χ1n) is 12.4. The van der Waals surface area contributed by atoms with Crippen molar-refractivity contribution < 1.29 is 24.2 Å². The van der Waals surface area contributed by atoms with Gasteiger partial charge in [-0.1, -0.05) is 29.8 Å². The summed E-state index contributed by atoms with van der Waals surface area (Å²) in [7, 11) is 1.48. The third-order valence-electron chi connectivity index (χ3n) is 6.66. The van der Waals surface area contributed by atoms with Crippen LogP contribution in [0.2, 0.25) is 5.02 Å². The standard InChI is InChI=1S/C31H25ClN2O5/c1-39-25-4-2-3-20(15-25)29(35)26-13-7-21(16-27(26)31(37)38)30(36)28-14-12-24(17-33-28)34(18-19-5-6-19)23-10-8-22(32)9-11-23/h2-4,7-17,19H,5-6,18H2,1H3,(H,37,38). The molecule has 39 heavy (non-hydrogen) atoms. The van der Waals surface area contributed by atoms with Gasteiger partial charge in [0.15, 0.2) is 5.78 Å². The number of carboxylic acids is 1. The van der Waals surface area contributed by atoms with Crippen molar-refractivity contribution in [1.82, 2.24) is 4.98 Å². The Balaban J connectivity index is 1.41. The number of carbonyl (C=O) groups is 3. The molecule has 4 aromatic rings. The first kappa shape index (κ1) is 26.1. The van der Waals surface area contributed by atoms with E-state index in [-0.39, 0.29) is 27.9 Å². The second-order valence-corrected chi connectivity index (χ2v) is 9.82. The Hall–Kier alpha value is -4.49. The molecular formula is C31H25ClN2O5. The van der Waals surface area contributed by atoms with Crippen molar-refractivity contribution in [1.29, 1.82) is 0 Å². The molecule has 1 fully saturated rings. The van der Waals surface area contributed by atoms with Crippen LogP contribution in [0.5, 0.6) is 5.75 Å². The number of aromatic nitrogens is 1. The number of carboxylic acid groups (broad SMARTS) is 1. The van der Waals surface area contributed by atoms with Crippen LogP contribution in [0.4, 0.5) is 11.4 Å². The Kier molecular flexibility index (Phi) is 7.43. The number of pyridine rings is 1. The van der Waals surface area contributed by atoms with Crippen molar-refractivity contribution >= 4 is 40.5 Å². The Bertz CT molecular complexity index is 1550. The molecule has 0 amide bonds. The Labute approximate surface area is 230 Å². The average Bonchev–Trinajstić information content (AvgIpc) is 3.80. The van der Waals surface area contributed by atoms with E-state index in [2.05, 4.69) is 9.88 Å². The number of carbonyl (C=O) groups excluding carboxylic acids is 2. The van der Waals surface area contributed by atoms with E-state index in [9.17, 15) is 19.5 Å². The van der Waals surface area contributed by atoms with E-state index in [1.54, 1.807) is 30.5 Å². The van der Waals surface area contributed by atoms with Gasteiger partial charge in [0, 0.05) is 33.9 Å². The van der Waals surface area contributed by atoms with Gasteiger partial charge in [0.25, 0.3) is 0 Å². The molecule has 1 aromatic heterocycles. The number of nitrogens with zero attached hydrogens (tertiary/aromatic N) is 2. The molecule has 7 nitrogen and oxygen atoms in total. The summed E-state index contributed by atoms with van der Waals surface area (Å²) in [5, 5.41) is 10.5. The summed E-state index contributed by atoms with van der Waals surface area (Å²) in [5.74, 6) is -1.14. The number of rotatable bonds is 10. The highest BCUT2D eigenvalue weighted by Gasteiger charge is 2.26. The molecule has 5 rings (SSSR count). The maximum Gasteiger partial charge on any atom is 0.336 e. The molecule has 0 saturated heterocycles. The van der Waals surface area contributed by atoms with Gasteiger partial charge in [-0.15, -0.1) is 0 Å². The van der Waals surface area contributed by atoms with Crippen molar-refractivity contribution in [2.75, 3.05) is 18.6 Å². The average molecular weight is 541 g/mol. The second kappa shape index (κ2) is 11.1. The Morgan fingerprint density at radius 1 is 0.897 bits per heavy atom. The third kappa shape index (κ3) is 5.84. The first-order valence-corrected chi connectivity index (χ1v) is 12.8. The fourth-order valence-corrected chi connectivity index (χ4v) is 4.47. The minimum Gasteiger partial charge on any atom is -0.497 e. The number of aromatic carboxylic acids is 1. The minimum atomic E-state index is -1.31. The monoisotopic (exact) mass is 540 g/mol. The maximum atomic E-state index is 13.2. The number of halogens is 1. The number of ketones is 2. The lowest BCUT2D eigenvalue weighted by molar-refractivity contribution is 0.0692. The van der Waals surface area contributed by atoms with Crippen molar-refractivity contribution in [3.8, 4) is 5.75 Å². The molecule has 0 aliphatic heterocycles. The summed E-state index contributed by atoms with van der Waals surface area (Å²) in [5.41, 5.74) is 2.12. The zero-order valence-corrected chi connectivity index (χ0v) is 21.9. The third-order valence-corrected chi connectivity index (χ3v) is 6.91. The van der Waals surface area contributed by atoms with E-state index in [0.717, 1.165) is 17.9 Å². The van der Waals surface area contributed by atoms with Crippen molar-refractivity contribution in [2.24, 2.45) is 5.92 Å². The van der Waals surface area contributed by atoms with E-state index in [4.69, 9.17) is 16.3 Å². The van der Waals surface area contributed by atoms with E-state index in [0.29, 0.717) is 16.7 Å². The van der Waals surface area contributed by atoms with Crippen LogP contribution >= 0.6 is 11.6 Å². The predicted molar refractivity (Wildman–Crippen MR) is 149 cm³/mol. The highest BCUT2D eigenvalue weighted by molar-refractivity contribution is 6.30. The van der Waals surface area contributed by atoms with Gasteiger partial charge in [0.05, 0.1) is 24.6 Å². The van der Waals surface area contributed by atoms with Crippen LogP contribution in [-0.2, 0) is 0 Å². The quantitative estimate of drug-likeness (QED) is 0.231. The lowest BCUT2D eigenvalue weighted by Crippen LogP contribution is -2.20. The van der Waals surface area contributed by atoms with Crippen LogP contribution < -0.4 is 9.64 Å². The van der Waals surface area contributed by atoms with Gasteiger partial charge in [-0.2, -0.15) is 0 Å². The highest BCUT2D eigenvalue weighted by Crippen LogP contribution is 2.35. The highest BCUT2D eigenvalue weighted by atomic mass is 35.5. The van der Waals surface area contributed by atoms with Gasteiger partial charge in [-0.05, 0) is 79.4 Å². The smallest absolute Gasteiger partial charge is 0.336 e. The van der Waals surface area contributed by atoms with Crippen LogP contribution in [0.3, 0.4) is 0 Å². The van der Waals surface area contributed by atoms with Crippen LogP contribution in [0.15, 0.2) is 85.1 Å². The van der Waals surface area contributed by atoms with Crippen LogP contribution in [-0.4, -0.2) is 41.3 Å². The number of hydrogen-bond acceptors (Lipinski definition) is 6. The van der Waals surface area contributed by atoms with Gasteiger partial charge in [0.2, 0.25) is 5.78 Å². The Morgan fingerprint density at radius 3 is 2.26 bits per heavy atom. The zero-order chi connectivity index (χ0) is 27.5. The molecule has 0 atom stereocenters. The summed E-state index contributed by atoms with van der Waals surface area (Å²) in [6, 6.07) is 21.5. The van der Waals surface area contributed by atoms with Gasteiger partial charge in [-0.3, -0.25) is 14.6 Å². The molecule has 3 aromatic carbocycles. The summed E-state index contributed by atoms with van der Waals surface area (Å²) in [6.45, 7) is 0.835. The van der Waals surface area contributed by atoms with Crippen molar-refractivity contribution in [3.05, 3.63) is 118 Å². The fraction of sp³-hybridized carbons (Fsp3) is 0.161. The molecule has 1 aliphatic rings. The Morgan fingerprint density at radius 2 is 1.62 bits per heavy atom. The molecule has 0 bridgehead atoms. The van der Waals surface area contributed by atoms with Gasteiger partial charge in [0.1, 0.15) is 11.4 Å². The minimum absolute atomic E-state index is 0.0192. The number of hydrogen-bond donors (Lipinski definition) is 1. The molecule has 1 aliphatic carbocycles. The number of benzene rings is 3. The van der Waals surface area contributed by atoms with Crippen LogP contribution in [0.1, 0.15) is 55.2 Å². The number of ether oxygens (including phenoxy) is 1.